The minimum absolute atomic E-state index is 0.119. The van der Waals surface area contributed by atoms with Crippen molar-refractivity contribution < 1.29 is 8.42 Å². The number of aryl methyl sites for hydroxylation is 1. The van der Waals surface area contributed by atoms with Crippen molar-refractivity contribution in [1.29, 1.82) is 0 Å². The van der Waals surface area contributed by atoms with E-state index in [4.69, 9.17) is 0 Å². The third kappa shape index (κ3) is 1.97. The number of aromatic nitrogens is 1. The summed E-state index contributed by atoms with van der Waals surface area (Å²) in [5.74, 6) is 0. The first-order valence-corrected chi connectivity index (χ1v) is 8.18. The van der Waals surface area contributed by atoms with Gasteiger partial charge in [-0.1, -0.05) is 41.2 Å². The second-order valence-electron chi connectivity index (χ2n) is 4.42. The van der Waals surface area contributed by atoms with E-state index in [1.165, 1.54) is 12.1 Å². The van der Waals surface area contributed by atoms with Crippen LogP contribution in [0.1, 0.15) is 5.56 Å². The molecular formula is C14H11NO3S2. The quantitative estimate of drug-likeness (QED) is 0.731. The molecule has 2 aromatic carbocycles. The van der Waals surface area contributed by atoms with Gasteiger partial charge in [-0.05, 0) is 31.2 Å². The number of para-hydroxylation sites is 1. The highest BCUT2D eigenvalue weighted by molar-refractivity contribution is 7.90. The van der Waals surface area contributed by atoms with Crippen molar-refractivity contribution in [3.8, 4) is 0 Å². The maximum atomic E-state index is 12.6. The maximum absolute atomic E-state index is 12.6. The Bertz CT molecular complexity index is 934. The highest BCUT2D eigenvalue weighted by atomic mass is 32.2. The van der Waals surface area contributed by atoms with E-state index in [0.717, 1.165) is 20.9 Å². The third-order valence-corrected chi connectivity index (χ3v) is 5.76. The molecule has 102 valence electrons. The SMILES string of the molecule is Cc1ccc(S(=O)(=O)n2c(=O)sc3ccccc32)cc1. The molecule has 0 aliphatic heterocycles. The van der Waals surface area contributed by atoms with Crippen molar-refractivity contribution in [3.63, 3.8) is 0 Å². The summed E-state index contributed by atoms with van der Waals surface area (Å²) in [6.07, 6.45) is 0. The Kier molecular flexibility index (Phi) is 2.99. The van der Waals surface area contributed by atoms with Crippen LogP contribution in [0.4, 0.5) is 0 Å². The van der Waals surface area contributed by atoms with Crippen LogP contribution >= 0.6 is 11.3 Å². The van der Waals surface area contributed by atoms with Crippen LogP contribution in [0.25, 0.3) is 10.2 Å². The van der Waals surface area contributed by atoms with Crippen molar-refractivity contribution in [1.82, 2.24) is 3.97 Å². The highest BCUT2D eigenvalue weighted by Crippen LogP contribution is 2.22. The van der Waals surface area contributed by atoms with Gasteiger partial charge in [-0.2, -0.15) is 3.97 Å². The molecule has 0 fully saturated rings. The smallest absolute Gasteiger partial charge is 0.255 e. The minimum Gasteiger partial charge on any atom is -0.255 e. The maximum Gasteiger partial charge on any atom is 0.322 e. The number of benzene rings is 2. The summed E-state index contributed by atoms with van der Waals surface area (Å²) in [4.78, 5) is 11.7. The van der Waals surface area contributed by atoms with Gasteiger partial charge >= 0.3 is 4.87 Å². The van der Waals surface area contributed by atoms with E-state index in [1.54, 1.807) is 36.4 Å². The molecule has 3 rings (SSSR count). The molecule has 20 heavy (non-hydrogen) atoms. The first kappa shape index (κ1) is 13.1. The molecule has 0 amide bonds. The van der Waals surface area contributed by atoms with Crippen molar-refractivity contribution in [2.45, 2.75) is 11.8 Å². The highest BCUT2D eigenvalue weighted by Gasteiger charge is 2.22. The molecule has 4 nitrogen and oxygen atoms in total. The fraction of sp³-hybridized carbons (Fsp3) is 0.0714. The van der Waals surface area contributed by atoms with E-state index in [0.29, 0.717) is 10.2 Å². The Labute approximate surface area is 120 Å². The molecule has 0 bridgehead atoms. The lowest BCUT2D eigenvalue weighted by Gasteiger charge is -2.06. The lowest BCUT2D eigenvalue weighted by Crippen LogP contribution is -2.22. The van der Waals surface area contributed by atoms with Crippen LogP contribution in [0, 0.1) is 6.92 Å². The van der Waals surface area contributed by atoms with Gasteiger partial charge in [0.1, 0.15) is 0 Å². The molecule has 1 aromatic heterocycles. The predicted octanol–water partition coefficient (Wildman–Crippen LogP) is 2.61. The van der Waals surface area contributed by atoms with Crippen molar-refractivity contribution in [3.05, 3.63) is 63.8 Å². The Balaban J connectivity index is 2.32. The van der Waals surface area contributed by atoms with Gasteiger partial charge in [-0.25, -0.2) is 8.42 Å². The molecule has 0 radical (unpaired) electrons. The van der Waals surface area contributed by atoms with Gasteiger partial charge in [0, 0.05) is 0 Å². The van der Waals surface area contributed by atoms with Gasteiger partial charge in [-0.15, -0.1) is 0 Å². The summed E-state index contributed by atoms with van der Waals surface area (Å²) < 4.78 is 26.8. The molecule has 0 spiro atoms. The molecule has 0 aliphatic rings. The fourth-order valence-corrected chi connectivity index (χ4v) is 4.54. The number of thiazole rings is 1. The van der Waals surface area contributed by atoms with Crippen LogP contribution in [-0.4, -0.2) is 12.4 Å². The molecule has 0 aliphatic carbocycles. The summed E-state index contributed by atoms with van der Waals surface area (Å²) >= 11 is 0.932. The summed E-state index contributed by atoms with van der Waals surface area (Å²) in [5.41, 5.74) is 1.38. The Morgan fingerprint density at radius 2 is 1.65 bits per heavy atom. The second kappa shape index (κ2) is 4.57. The molecule has 0 unspecified atom stereocenters. The lowest BCUT2D eigenvalue weighted by molar-refractivity contribution is 0.588. The molecule has 0 atom stereocenters. The van der Waals surface area contributed by atoms with E-state index in [2.05, 4.69) is 0 Å². The molecule has 1 heterocycles. The Morgan fingerprint density at radius 3 is 2.35 bits per heavy atom. The van der Waals surface area contributed by atoms with E-state index in [1.807, 2.05) is 6.92 Å². The van der Waals surface area contributed by atoms with Gasteiger partial charge in [0.05, 0.1) is 15.1 Å². The van der Waals surface area contributed by atoms with Crippen molar-refractivity contribution in [2.75, 3.05) is 0 Å². The summed E-state index contributed by atoms with van der Waals surface area (Å²) in [6.45, 7) is 1.88. The molecule has 0 N–H and O–H groups in total. The average molecular weight is 305 g/mol. The van der Waals surface area contributed by atoms with E-state index < -0.39 is 14.9 Å². The Morgan fingerprint density at radius 1 is 1.00 bits per heavy atom. The molecule has 6 heteroatoms. The summed E-state index contributed by atoms with van der Waals surface area (Å²) in [6, 6.07) is 13.3. The number of rotatable bonds is 2. The monoisotopic (exact) mass is 305 g/mol. The summed E-state index contributed by atoms with van der Waals surface area (Å²) in [7, 11) is -3.86. The number of nitrogens with zero attached hydrogens (tertiary/aromatic N) is 1. The van der Waals surface area contributed by atoms with E-state index in [-0.39, 0.29) is 4.90 Å². The minimum atomic E-state index is -3.86. The molecule has 3 aromatic rings. The van der Waals surface area contributed by atoms with E-state index in [9.17, 15) is 13.2 Å². The standard InChI is InChI=1S/C14H11NO3S2/c1-10-6-8-11(9-7-10)20(17,18)15-12-4-2-3-5-13(12)19-14(15)16/h2-9H,1H3. The largest absolute Gasteiger partial charge is 0.322 e. The zero-order valence-electron chi connectivity index (χ0n) is 10.6. The van der Waals surface area contributed by atoms with Crippen LogP contribution in [-0.2, 0) is 10.0 Å². The second-order valence-corrected chi connectivity index (χ2v) is 7.20. The lowest BCUT2D eigenvalue weighted by atomic mass is 10.2. The van der Waals surface area contributed by atoms with Crippen molar-refractivity contribution >= 4 is 31.6 Å². The molecular weight excluding hydrogens is 294 g/mol. The van der Waals surface area contributed by atoms with Crippen LogP contribution < -0.4 is 4.87 Å². The van der Waals surface area contributed by atoms with Crippen LogP contribution in [0.15, 0.2) is 58.2 Å². The van der Waals surface area contributed by atoms with Crippen molar-refractivity contribution in [2.24, 2.45) is 0 Å². The number of fused-ring (bicyclic) bond motifs is 1. The summed E-state index contributed by atoms with van der Waals surface area (Å²) in [5, 5.41) is 0. The number of hydrogen-bond acceptors (Lipinski definition) is 4. The normalized spacial score (nSPS) is 11.8. The molecule has 0 saturated heterocycles. The first-order valence-electron chi connectivity index (χ1n) is 5.93. The zero-order chi connectivity index (χ0) is 14.3. The van der Waals surface area contributed by atoms with Crippen LogP contribution in [0.5, 0.6) is 0 Å². The van der Waals surface area contributed by atoms with Crippen LogP contribution in [0.3, 0.4) is 0 Å². The van der Waals surface area contributed by atoms with Gasteiger partial charge in [0.2, 0.25) is 0 Å². The fourth-order valence-electron chi connectivity index (χ4n) is 1.99. The number of hydrogen-bond donors (Lipinski definition) is 0. The Hall–Kier alpha value is -1.92. The topological polar surface area (TPSA) is 56.1 Å². The van der Waals surface area contributed by atoms with Crippen LogP contribution in [0.2, 0.25) is 0 Å². The predicted molar refractivity (Wildman–Crippen MR) is 79.8 cm³/mol. The average Bonchev–Trinajstić information content (AvgIpc) is 2.75. The third-order valence-electron chi connectivity index (χ3n) is 3.01. The van der Waals surface area contributed by atoms with Gasteiger partial charge in [-0.3, -0.25) is 4.79 Å². The first-order chi connectivity index (χ1) is 9.50. The zero-order valence-corrected chi connectivity index (χ0v) is 12.2. The van der Waals surface area contributed by atoms with Gasteiger partial charge in [0.15, 0.2) is 0 Å². The van der Waals surface area contributed by atoms with Gasteiger partial charge < -0.3 is 0 Å². The van der Waals surface area contributed by atoms with Gasteiger partial charge in [0.25, 0.3) is 10.0 Å². The van der Waals surface area contributed by atoms with E-state index >= 15 is 0 Å². The molecule has 0 saturated carbocycles.